The Morgan fingerprint density at radius 2 is 2.00 bits per heavy atom. The van der Waals surface area contributed by atoms with Crippen LogP contribution < -0.4 is 5.32 Å². The van der Waals surface area contributed by atoms with Crippen molar-refractivity contribution in [2.24, 2.45) is 0 Å². The second-order valence-corrected chi connectivity index (χ2v) is 5.76. The van der Waals surface area contributed by atoms with E-state index in [1.165, 1.54) is 31.6 Å². The fourth-order valence-electron chi connectivity index (χ4n) is 2.32. The van der Waals surface area contributed by atoms with E-state index in [2.05, 4.69) is 42.2 Å². The fraction of sp³-hybridized carbons (Fsp3) is 0.714. The molecule has 1 aliphatic heterocycles. The van der Waals surface area contributed by atoms with Crippen molar-refractivity contribution in [3.8, 4) is 0 Å². The van der Waals surface area contributed by atoms with Crippen molar-refractivity contribution >= 4 is 0 Å². The Hall–Kier alpha value is -1.00. The number of piperidine rings is 1. The largest absolute Gasteiger partial charge is 0.308 e. The van der Waals surface area contributed by atoms with Gasteiger partial charge in [-0.05, 0) is 59.9 Å². The molecule has 1 aliphatic rings. The van der Waals surface area contributed by atoms with Gasteiger partial charge in [-0.15, -0.1) is 0 Å². The number of rotatable bonds is 3. The van der Waals surface area contributed by atoms with Crippen molar-refractivity contribution in [1.82, 2.24) is 20.2 Å². The lowest BCUT2D eigenvalue weighted by Crippen LogP contribution is -2.36. The van der Waals surface area contributed by atoms with Crippen LogP contribution in [0.5, 0.6) is 0 Å². The van der Waals surface area contributed by atoms with Gasteiger partial charge < -0.3 is 10.2 Å². The van der Waals surface area contributed by atoms with Gasteiger partial charge >= 0.3 is 0 Å². The minimum atomic E-state index is -0.165. The van der Waals surface area contributed by atoms with Crippen molar-refractivity contribution in [3.63, 3.8) is 0 Å². The van der Waals surface area contributed by atoms with Crippen molar-refractivity contribution in [2.75, 3.05) is 27.2 Å². The van der Waals surface area contributed by atoms with E-state index < -0.39 is 0 Å². The number of likely N-dealkylation sites (tertiary alicyclic amines) is 1. The molecule has 1 N–H and O–H groups in total. The average Bonchev–Trinajstić information content (AvgIpc) is 2.40. The first kappa shape index (κ1) is 13.4. The fourth-order valence-corrected chi connectivity index (χ4v) is 2.32. The lowest BCUT2D eigenvalue weighted by Gasteiger charge is -2.29. The predicted octanol–water partition coefficient (Wildman–Crippen LogP) is 1.74. The van der Waals surface area contributed by atoms with E-state index in [1.54, 1.807) is 0 Å². The maximum atomic E-state index is 4.77. The highest BCUT2D eigenvalue weighted by Crippen LogP contribution is 2.27. The minimum Gasteiger partial charge on any atom is -0.308 e. The normalized spacial score (nSPS) is 19.1. The van der Waals surface area contributed by atoms with Crippen LogP contribution in [0.2, 0.25) is 0 Å². The van der Waals surface area contributed by atoms with Gasteiger partial charge in [0.1, 0.15) is 5.82 Å². The van der Waals surface area contributed by atoms with E-state index in [4.69, 9.17) is 4.98 Å². The molecule has 0 unspecified atom stereocenters. The zero-order chi connectivity index (χ0) is 13.2. The number of hydrogen-bond acceptors (Lipinski definition) is 4. The van der Waals surface area contributed by atoms with Crippen LogP contribution in [0, 0.1) is 0 Å². The van der Waals surface area contributed by atoms with Gasteiger partial charge in [0, 0.05) is 17.8 Å². The lowest BCUT2D eigenvalue weighted by molar-refractivity contribution is 0.252. The van der Waals surface area contributed by atoms with Crippen LogP contribution in [0.4, 0.5) is 0 Å². The summed E-state index contributed by atoms with van der Waals surface area (Å²) in [7, 11) is 4.14. The second-order valence-electron chi connectivity index (χ2n) is 5.76. The van der Waals surface area contributed by atoms with Gasteiger partial charge in [0.2, 0.25) is 0 Å². The molecule has 18 heavy (non-hydrogen) atoms. The summed E-state index contributed by atoms with van der Waals surface area (Å²) in [6.45, 7) is 6.56. The van der Waals surface area contributed by atoms with Crippen LogP contribution in [0.25, 0.3) is 0 Å². The van der Waals surface area contributed by atoms with E-state index in [0.717, 1.165) is 5.82 Å². The quantitative estimate of drug-likeness (QED) is 0.884. The van der Waals surface area contributed by atoms with Crippen molar-refractivity contribution in [3.05, 3.63) is 23.8 Å². The molecule has 2 heterocycles. The molecule has 0 atom stereocenters. The predicted molar refractivity (Wildman–Crippen MR) is 73.6 cm³/mol. The Bertz CT molecular complexity index is 395. The molecule has 2 rings (SSSR count). The lowest BCUT2D eigenvalue weighted by atomic mass is 9.93. The van der Waals surface area contributed by atoms with Crippen molar-refractivity contribution < 1.29 is 0 Å². The molecule has 1 saturated heterocycles. The molecule has 0 spiro atoms. The van der Waals surface area contributed by atoms with Crippen LogP contribution in [-0.2, 0) is 5.54 Å². The van der Waals surface area contributed by atoms with Gasteiger partial charge in [-0.1, -0.05) is 0 Å². The SMILES string of the molecule is CNC(C)(C)c1nccc(C2CCN(C)CC2)n1. The molecule has 0 amide bonds. The molecule has 1 aromatic rings. The third-order valence-corrected chi connectivity index (χ3v) is 4.00. The number of nitrogens with zero attached hydrogens (tertiary/aromatic N) is 3. The Morgan fingerprint density at radius 3 is 2.61 bits per heavy atom. The zero-order valence-electron chi connectivity index (χ0n) is 11.9. The Morgan fingerprint density at radius 1 is 1.33 bits per heavy atom. The van der Waals surface area contributed by atoms with Crippen LogP contribution >= 0.6 is 0 Å². The smallest absolute Gasteiger partial charge is 0.147 e. The molecular weight excluding hydrogens is 224 g/mol. The molecule has 0 aromatic carbocycles. The minimum absolute atomic E-state index is 0.165. The van der Waals surface area contributed by atoms with E-state index in [-0.39, 0.29) is 5.54 Å². The summed E-state index contributed by atoms with van der Waals surface area (Å²) in [5.74, 6) is 1.48. The van der Waals surface area contributed by atoms with E-state index in [1.807, 2.05) is 13.2 Å². The van der Waals surface area contributed by atoms with Gasteiger partial charge in [-0.3, -0.25) is 0 Å². The summed E-state index contributed by atoms with van der Waals surface area (Å²) in [6, 6.07) is 2.07. The molecule has 4 nitrogen and oxygen atoms in total. The highest BCUT2D eigenvalue weighted by molar-refractivity contribution is 5.13. The first-order chi connectivity index (χ1) is 8.53. The summed E-state index contributed by atoms with van der Waals surface area (Å²) >= 11 is 0. The van der Waals surface area contributed by atoms with Gasteiger partial charge in [0.15, 0.2) is 0 Å². The topological polar surface area (TPSA) is 41.1 Å². The summed E-state index contributed by atoms with van der Waals surface area (Å²) in [5, 5.41) is 3.26. The van der Waals surface area contributed by atoms with Crippen molar-refractivity contribution in [2.45, 2.75) is 38.1 Å². The van der Waals surface area contributed by atoms with E-state index in [0.29, 0.717) is 5.92 Å². The van der Waals surface area contributed by atoms with Crippen LogP contribution in [0.1, 0.15) is 44.1 Å². The standard InChI is InChI=1S/C14H24N4/c1-14(2,15-3)13-16-8-5-12(17-13)11-6-9-18(4)10-7-11/h5,8,11,15H,6-7,9-10H2,1-4H3. The summed E-state index contributed by atoms with van der Waals surface area (Å²) in [5.41, 5.74) is 1.04. The van der Waals surface area contributed by atoms with E-state index >= 15 is 0 Å². The molecule has 0 saturated carbocycles. The zero-order valence-corrected chi connectivity index (χ0v) is 11.9. The van der Waals surface area contributed by atoms with Crippen LogP contribution in [0.15, 0.2) is 12.3 Å². The Kier molecular flexibility index (Phi) is 3.97. The summed E-state index contributed by atoms with van der Waals surface area (Å²) < 4.78 is 0. The first-order valence-corrected chi connectivity index (χ1v) is 6.74. The first-order valence-electron chi connectivity index (χ1n) is 6.74. The molecule has 4 heteroatoms. The van der Waals surface area contributed by atoms with Crippen LogP contribution in [-0.4, -0.2) is 42.1 Å². The molecular formula is C14H24N4. The highest BCUT2D eigenvalue weighted by Gasteiger charge is 2.24. The molecule has 0 aliphatic carbocycles. The maximum absolute atomic E-state index is 4.77. The van der Waals surface area contributed by atoms with Gasteiger partial charge in [0.25, 0.3) is 0 Å². The second kappa shape index (κ2) is 5.33. The average molecular weight is 248 g/mol. The summed E-state index contributed by atoms with van der Waals surface area (Å²) in [6.07, 6.45) is 4.30. The van der Waals surface area contributed by atoms with Gasteiger partial charge in [0.05, 0.1) is 5.54 Å². The third-order valence-electron chi connectivity index (χ3n) is 4.00. The Labute approximate surface area is 110 Å². The van der Waals surface area contributed by atoms with Crippen molar-refractivity contribution in [1.29, 1.82) is 0 Å². The molecule has 0 radical (unpaired) electrons. The summed E-state index contributed by atoms with van der Waals surface area (Å²) in [4.78, 5) is 11.6. The maximum Gasteiger partial charge on any atom is 0.147 e. The Balaban J connectivity index is 2.17. The monoisotopic (exact) mass is 248 g/mol. The number of aromatic nitrogens is 2. The number of hydrogen-bond donors (Lipinski definition) is 1. The highest BCUT2D eigenvalue weighted by atomic mass is 15.1. The molecule has 0 bridgehead atoms. The van der Waals surface area contributed by atoms with Crippen LogP contribution in [0.3, 0.4) is 0 Å². The molecule has 1 fully saturated rings. The van der Waals surface area contributed by atoms with Gasteiger partial charge in [-0.25, -0.2) is 9.97 Å². The van der Waals surface area contributed by atoms with Gasteiger partial charge in [-0.2, -0.15) is 0 Å². The van der Waals surface area contributed by atoms with E-state index in [9.17, 15) is 0 Å². The third kappa shape index (κ3) is 2.87. The molecule has 100 valence electrons. The molecule has 1 aromatic heterocycles. The number of nitrogens with one attached hydrogen (secondary N) is 1.